The number of rotatable bonds is 33. The summed E-state index contributed by atoms with van der Waals surface area (Å²) in [6, 6.07) is 0. The highest BCUT2D eigenvalue weighted by Crippen LogP contribution is 2.14. The van der Waals surface area contributed by atoms with Crippen molar-refractivity contribution in [3.63, 3.8) is 0 Å². The van der Waals surface area contributed by atoms with Crippen LogP contribution in [0, 0.1) is 11.8 Å². The standard InChI is InChI=1S/C37H75NO5/c1-6-36(33-39)43-37(40)38(27-23-31-41-29-21-17-13-9-7-11-15-19-25-34(2)3)28-24-32-42-30-22-18-14-10-8-12-16-20-26-35(4)5/h34-36,39H,6-33H2,1-5H3. The number of hydrogen-bond acceptors (Lipinski definition) is 5. The second-order valence-corrected chi connectivity index (χ2v) is 13.5. The first-order valence-electron chi connectivity index (χ1n) is 18.6. The molecule has 0 aromatic rings. The molecule has 0 saturated carbocycles. The van der Waals surface area contributed by atoms with Crippen LogP contribution < -0.4 is 0 Å². The zero-order chi connectivity index (χ0) is 31.8. The normalized spacial score (nSPS) is 12.4. The van der Waals surface area contributed by atoms with Gasteiger partial charge < -0.3 is 24.2 Å². The average molecular weight is 614 g/mol. The fourth-order valence-corrected chi connectivity index (χ4v) is 5.31. The zero-order valence-corrected chi connectivity index (χ0v) is 29.6. The van der Waals surface area contributed by atoms with E-state index in [1.165, 1.54) is 103 Å². The van der Waals surface area contributed by atoms with Crippen LogP contribution in [-0.4, -0.2) is 68.3 Å². The summed E-state index contributed by atoms with van der Waals surface area (Å²) < 4.78 is 17.2. The molecule has 0 aliphatic rings. The summed E-state index contributed by atoms with van der Waals surface area (Å²) in [6.45, 7) is 15.1. The Hall–Kier alpha value is -0.850. The third-order valence-electron chi connectivity index (χ3n) is 8.26. The maximum absolute atomic E-state index is 12.7. The number of unbranched alkanes of at least 4 members (excludes halogenated alkanes) is 14. The Morgan fingerprint density at radius 1 is 0.558 bits per heavy atom. The maximum atomic E-state index is 12.7. The molecule has 0 heterocycles. The van der Waals surface area contributed by atoms with E-state index in [-0.39, 0.29) is 12.7 Å². The minimum atomic E-state index is -0.442. The van der Waals surface area contributed by atoms with Gasteiger partial charge in [0.15, 0.2) is 0 Å². The molecule has 43 heavy (non-hydrogen) atoms. The molecule has 0 saturated heterocycles. The molecule has 6 heteroatoms. The molecule has 1 unspecified atom stereocenters. The Balaban J connectivity index is 3.90. The molecule has 0 aliphatic carbocycles. The first-order chi connectivity index (χ1) is 20.9. The van der Waals surface area contributed by atoms with Crippen LogP contribution in [-0.2, 0) is 14.2 Å². The van der Waals surface area contributed by atoms with E-state index < -0.39 is 6.10 Å². The Morgan fingerprint density at radius 2 is 0.907 bits per heavy atom. The number of aliphatic hydroxyl groups excluding tert-OH is 1. The van der Waals surface area contributed by atoms with E-state index in [4.69, 9.17) is 14.2 Å². The number of aliphatic hydroxyl groups is 1. The first kappa shape index (κ1) is 42.1. The van der Waals surface area contributed by atoms with Crippen LogP contribution in [0.4, 0.5) is 4.79 Å². The number of carbonyl (C=O) groups excluding carboxylic acids is 1. The van der Waals surface area contributed by atoms with Crippen molar-refractivity contribution in [1.29, 1.82) is 0 Å². The monoisotopic (exact) mass is 614 g/mol. The molecule has 0 radical (unpaired) electrons. The Morgan fingerprint density at radius 3 is 1.26 bits per heavy atom. The molecule has 0 rings (SSSR count). The van der Waals surface area contributed by atoms with Gasteiger partial charge in [0.2, 0.25) is 0 Å². The van der Waals surface area contributed by atoms with Gasteiger partial charge in [-0.1, -0.05) is 137 Å². The van der Waals surface area contributed by atoms with Gasteiger partial charge in [-0.2, -0.15) is 0 Å². The van der Waals surface area contributed by atoms with Crippen molar-refractivity contribution in [2.75, 3.05) is 46.1 Å². The highest BCUT2D eigenvalue weighted by atomic mass is 16.6. The molecule has 0 aliphatic heterocycles. The van der Waals surface area contributed by atoms with Gasteiger partial charge in [0.25, 0.3) is 0 Å². The van der Waals surface area contributed by atoms with Crippen LogP contribution in [0.2, 0.25) is 0 Å². The van der Waals surface area contributed by atoms with E-state index >= 15 is 0 Å². The van der Waals surface area contributed by atoms with Gasteiger partial charge in [0.05, 0.1) is 6.61 Å². The molecule has 1 N–H and O–H groups in total. The van der Waals surface area contributed by atoms with E-state index in [9.17, 15) is 9.90 Å². The lowest BCUT2D eigenvalue weighted by atomic mass is 10.0. The van der Waals surface area contributed by atoms with Crippen molar-refractivity contribution >= 4 is 6.09 Å². The van der Waals surface area contributed by atoms with Gasteiger partial charge in [0, 0.05) is 39.5 Å². The van der Waals surface area contributed by atoms with Crippen molar-refractivity contribution in [3.05, 3.63) is 0 Å². The summed E-state index contributed by atoms with van der Waals surface area (Å²) in [5, 5.41) is 9.45. The third kappa shape index (κ3) is 30.9. The second kappa shape index (κ2) is 32.5. The molecule has 258 valence electrons. The highest BCUT2D eigenvalue weighted by Gasteiger charge is 2.18. The van der Waals surface area contributed by atoms with Crippen molar-refractivity contribution in [3.8, 4) is 0 Å². The molecule has 0 fully saturated rings. The van der Waals surface area contributed by atoms with Crippen LogP contribution in [0.3, 0.4) is 0 Å². The van der Waals surface area contributed by atoms with Crippen molar-refractivity contribution in [2.24, 2.45) is 11.8 Å². The van der Waals surface area contributed by atoms with Gasteiger partial charge in [-0.15, -0.1) is 0 Å². The van der Waals surface area contributed by atoms with E-state index in [1.54, 1.807) is 4.90 Å². The summed E-state index contributed by atoms with van der Waals surface area (Å²) >= 11 is 0. The van der Waals surface area contributed by atoms with Crippen LogP contribution in [0.15, 0.2) is 0 Å². The van der Waals surface area contributed by atoms with Crippen LogP contribution in [0.25, 0.3) is 0 Å². The SMILES string of the molecule is CCC(CO)OC(=O)N(CCCOCCCCCCCCCCC(C)C)CCCOCCCCCCCCCCC(C)C. The molecule has 1 atom stereocenters. The number of nitrogens with zero attached hydrogens (tertiary/aromatic N) is 1. The van der Waals surface area contributed by atoms with Crippen molar-refractivity contribution in [1.82, 2.24) is 4.90 Å². The molecule has 0 aromatic carbocycles. The molecule has 0 aromatic heterocycles. The van der Waals surface area contributed by atoms with E-state index in [1.807, 2.05) is 6.92 Å². The Bertz CT molecular complexity index is 531. The minimum Gasteiger partial charge on any atom is -0.444 e. The summed E-state index contributed by atoms with van der Waals surface area (Å²) in [5.74, 6) is 1.68. The second-order valence-electron chi connectivity index (χ2n) is 13.5. The van der Waals surface area contributed by atoms with Gasteiger partial charge in [0.1, 0.15) is 6.10 Å². The Labute approximate surface area is 268 Å². The lowest BCUT2D eigenvalue weighted by Gasteiger charge is -2.24. The number of carbonyl (C=O) groups is 1. The van der Waals surface area contributed by atoms with Crippen molar-refractivity contribution < 1.29 is 24.1 Å². The first-order valence-corrected chi connectivity index (χ1v) is 18.6. The van der Waals surface area contributed by atoms with Gasteiger partial charge >= 0.3 is 6.09 Å². The van der Waals surface area contributed by atoms with Gasteiger partial charge in [-0.05, 0) is 43.9 Å². The highest BCUT2D eigenvalue weighted by molar-refractivity contribution is 5.67. The van der Waals surface area contributed by atoms with Crippen LogP contribution >= 0.6 is 0 Å². The van der Waals surface area contributed by atoms with E-state index in [2.05, 4.69) is 27.7 Å². The van der Waals surface area contributed by atoms with E-state index in [0.29, 0.717) is 32.7 Å². The number of amides is 1. The summed E-state index contributed by atoms with van der Waals surface area (Å²) in [5.41, 5.74) is 0. The smallest absolute Gasteiger partial charge is 0.410 e. The summed E-state index contributed by atoms with van der Waals surface area (Å²) in [6.07, 6.45) is 25.2. The van der Waals surface area contributed by atoms with Crippen LogP contribution in [0.5, 0.6) is 0 Å². The molecule has 6 nitrogen and oxygen atoms in total. The zero-order valence-electron chi connectivity index (χ0n) is 29.6. The molecular weight excluding hydrogens is 538 g/mol. The summed E-state index contributed by atoms with van der Waals surface area (Å²) in [7, 11) is 0. The quantitative estimate of drug-likeness (QED) is 0.0746. The lowest BCUT2D eigenvalue weighted by Crippen LogP contribution is -2.37. The van der Waals surface area contributed by atoms with Crippen LogP contribution in [0.1, 0.15) is 169 Å². The molecule has 0 bridgehead atoms. The average Bonchev–Trinajstić information content (AvgIpc) is 2.98. The molecule has 0 spiro atoms. The summed E-state index contributed by atoms with van der Waals surface area (Å²) in [4.78, 5) is 14.5. The fourth-order valence-electron chi connectivity index (χ4n) is 5.31. The number of hydrogen-bond donors (Lipinski definition) is 1. The van der Waals surface area contributed by atoms with Gasteiger partial charge in [-0.25, -0.2) is 4.79 Å². The van der Waals surface area contributed by atoms with Crippen molar-refractivity contribution in [2.45, 2.75) is 176 Å². The van der Waals surface area contributed by atoms with E-state index in [0.717, 1.165) is 50.7 Å². The predicted octanol–water partition coefficient (Wildman–Crippen LogP) is 10.3. The molecular formula is C37H75NO5. The fraction of sp³-hybridized carbons (Fsp3) is 0.973. The number of ether oxygens (including phenoxy) is 3. The lowest BCUT2D eigenvalue weighted by molar-refractivity contribution is 0.0271. The Kier molecular flexibility index (Phi) is 31.9. The predicted molar refractivity (Wildman–Crippen MR) is 183 cm³/mol. The third-order valence-corrected chi connectivity index (χ3v) is 8.26. The molecule has 1 amide bonds. The maximum Gasteiger partial charge on any atom is 0.410 e. The van der Waals surface area contributed by atoms with Gasteiger partial charge in [-0.3, -0.25) is 0 Å². The largest absolute Gasteiger partial charge is 0.444 e. The minimum absolute atomic E-state index is 0.140. The topological polar surface area (TPSA) is 68.2 Å².